The van der Waals surface area contributed by atoms with E-state index in [0.29, 0.717) is 29.7 Å². The van der Waals surface area contributed by atoms with Crippen LogP contribution in [0.4, 0.5) is 13.2 Å². The highest BCUT2D eigenvalue weighted by Gasteiger charge is 2.27. The first kappa shape index (κ1) is 20.5. The van der Waals surface area contributed by atoms with Gasteiger partial charge in [0.2, 0.25) is 5.82 Å². The van der Waals surface area contributed by atoms with Crippen molar-refractivity contribution in [3.8, 4) is 11.5 Å². The summed E-state index contributed by atoms with van der Waals surface area (Å²) in [7, 11) is 1.49. The van der Waals surface area contributed by atoms with E-state index in [1.54, 1.807) is 25.1 Å². The maximum atomic E-state index is 14.4. The van der Waals surface area contributed by atoms with Gasteiger partial charge in [0.25, 0.3) is 0 Å². The van der Waals surface area contributed by atoms with E-state index in [0.717, 1.165) is 12.8 Å². The van der Waals surface area contributed by atoms with Gasteiger partial charge in [0, 0.05) is 11.6 Å². The molecule has 0 saturated heterocycles. The van der Waals surface area contributed by atoms with Crippen molar-refractivity contribution in [2.45, 2.75) is 51.2 Å². The van der Waals surface area contributed by atoms with Gasteiger partial charge in [0.1, 0.15) is 11.6 Å². The monoisotopic (exact) mass is 394 g/mol. The lowest BCUT2D eigenvalue weighted by Crippen LogP contribution is -2.21. The van der Waals surface area contributed by atoms with Gasteiger partial charge in [0.15, 0.2) is 11.6 Å². The van der Waals surface area contributed by atoms with Gasteiger partial charge in [-0.2, -0.15) is 4.39 Å². The Morgan fingerprint density at radius 1 is 0.964 bits per heavy atom. The molecule has 0 amide bonds. The summed E-state index contributed by atoms with van der Waals surface area (Å²) < 4.78 is 58.5. The van der Waals surface area contributed by atoms with Crippen LogP contribution in [0.25, 0.3) is 0 Å². The molecule has 0 atom stereocenters. The molecule has 0 radical (unpaired) electrons. The molecule has 3 nitrogen and oxygen atoms in total. The molecule has 152 valence electrons. The van der Waals surface area contributed by atoms with E-state index in [-0.39, 0.29) is 36.8 Å². The van der Waals surface area contributed by atoms with Gasteiger partial charge < -0.3 is 14.2 Å². The van der Waals surface area contributed by atoms with Crippen LogP contribution in [0, 0.1) is 17.5 Å². The average molecular weight is 394 g/mol. The summed E-state index contributed by atoms with van der Waals surface area (Å²) in [5, 5.41) is 0. The normalized spacial score (nSPS) is 19.5. The predicted molar refractivity (Wildman–Crippen MR) is 100 cm³/mol. The fourth-order valence-electron chi connectivity index (χ4n) is 3.65. The number of hydrogen-bond donors (Lipinski definition) is 0. The average Bonchev–Trinajstić information content (AvgIpc) is 2.71. The third-order valence-corrected chi connectivity index (χ3v) is 5.23. The zero-order valence-electron chi connectivity index (χ0n) is 16.1. The number of rotatable bonds is 7. The van der Waals surface area contributed by atoms with Crippen LogP contribution in [0.2, 0.25) is 0 Å². The molecule has 1 aliphatic carbocycles. The highest BCUT2D eigenvalue weighted by atomic mass is 19.2. The van der Waals surface area contributed by atoms with Crippen LogP contribution in [-0.2, 0) is 11.3 Å². The van der Waals surface area contributed by atoms with Crippen molar-refractivity contribution in [2.75, 3.05) is 13.7 Å². The number of halogens is 3. The Kier molecular flexibility index (Phi) is 6.83. The van der Waals surface area contributed by atoms with E-state index < -0.39 is 11.6 Å². The van der Waals surface area contributed by atoms with Crippen LogP contribution < -0.4 is 9.47 Å². The van der Waals surface area contributed by atoms with E-state index in [1.165, 1.54) is 19.2 Å². The van der Waals surface area contributed by atoms with Crippen LogP contribution >= 0.6 is 0 Å². The summed E-state index contributed by atoms with van der Waals surface area (Å²) in [6.07, 6.45) is 2.81. The Morgan fingerprint density at radius 2 is 1.71 bits per heavy atom. The Balaban J connectivity index is 1.55. The largest absolute Gasteiger partial charge is 0.497 e. The number of hydrogen-bond acceptors (Lipinski definition) is 3. The standard InChI is InChI=1S/C22H25F3O3/c1-3-27-20-11-10-18(21(24)22(20)25)14-4-7-16(8-5-14)28-13-15-6-9-17(26-2)12-19(15)23/h6,9-12,14,16H,3-5,7-8,13H2,1-2H3. The Morgan fingerprint density at radius 3 is 2.36 bits per heavy atom. The molecule has 0 spiro atoms. The fourth-order valence-corrected chi connectivity index (χ4v) is 3.65. The molecule has 6 heteroatoms. The second kappa shape index (κ2) is 9.32. The van der Waals surface area contributed by atoms with Crippen LogP contribution in [0.15, 0.2) is 30.3 Å². The topological polar surface area (TPSA) is 27.7 Å². The van der Waals surface area contributed by atoms with E-state index in [1.807, 2.05) is 0 Å². The van der Waals surface area contributed by atoms with Crippen molar-refractivity contribution < 1.29 is 27.4 Å². The maximum absolute atomic E-state index is 14.4. The fraction of sp³-hybridized carbons (Fsp3) is 0.455. The van der Waals surface area contributed by atoms with E-state index in [4.69, 9.17) is 14.2 Å². The van der Waals surface area contributed by atoms with Gasteiger partial charge in [-0.25, -0.2) is 8.78 Å². The van der Waals surface area contributed by atoms with Gasteiger partial charge >= 0.3 is 0 Å². The zero-order valence-corrected chi connectivity index (χ0v) is 16.1. The minimum absolute atomic E-state index is 0.0200. The lowest BCUT2D eigenvalue weighted by Gasteiger charge is -2.29. The summed E-state index contributed by atoms with van der Waals surface area (Å²) in [6.45, 7) is 2.19. The molecule has 0 N–H and O–H groups in total. The van der Waals surface area contributed by atoms with Gasteiger partial charge in [-0.15, -0.1) is 0 Å². The summed E-state index contributed by atoms with van der Waals surface area (Å²) in [6, 6.07) is 7.78. The second-order valence-corrected chi connectivity index (χ2v) is 6.96. The molecule has 3 rings (SSSR count). The van der Waals surface area contributed by atoms with Gasteiger partial charge in [-0.1, -0.05) is 12.1 Å². The van der Waals surface area contributed by atoms with Crippen LogP contribution in [0.5, 0.6) is 11.5 Å². The van der Waals surface area contributed by atoms with Gasteiger partial charge in [0.05, 0.1) is 26.4 Å². The number of methoxy groups -OCH3 is 1. The molecule has 1 fully saturated rings. The quantitative estimate of drug-likeness (QED) is 0.598. The molecular weight excluding hydrogens is 369 g/mol. The predicted octanol–water partition coefficient (Wildman–Crippen LogP) is 5.75. The van der Waals surface area contributed by atoms with Crippen LogP contribution in [0.1, 0.15) is 49.7 Å². The minimum Gasteiger partial charge on any atom is -0.497 e. The Labute approximate surface area is 163 Å². The summed E-state index contributed by atoms with van der Waals surface area (Å²) in [4.78, 5) is 0. The first-order valence-electron chi connectivity index (χ1n) is 9.58. The minimum atomic E-state index is -0.923. The highest BCUT2D eigenvalue weighted by molar-refractivity contribution is 5.33. The Hall–Kier alpha value is -2.21. The van der Waals surface area contributed by atoms with Gasteiger partial charge in [-0.05, 0) is 56.2 Å². The van der Waals surface area contributed by atoms with E-state index in [9.17, 15) is 13.2 Å². The molecule has 2 aromatic carbocycles. The van der Waals surface area contributed by atoms with Crippen molar-refractivity contribution in [2.24, 2.45) is 0 Å². The van der Waals surface area contributed by atoms with Crippen LogP contribution in [-0.4, -0.2) is 19.8 Å². The molecule has 1 aliphatic rings. The van der Waals surface area contributed by atoms with Crippen molar-refractivity contribution >= 4 is 0 Å². The Bertz CT molecular complexity index is 802. The van der Waals surface area contributed by atoms with Crippen molar-refractivity contribution in [1.82, 2.24) is 0 Å². The molecule has 0 unspecified atom stereocenters. The lowest BCUT2D eigenvalue weighted by molar-refractivity contribution is 0.0118. The first-order chi connectivity index (χ1) is 13.5. The maximum Gasteiger partial charge on any atom is 0.200 e. The zero-order chi connectivity index (χ0) is 20.1. The van der Waals surface area contributed by atoms with Crippen molar-refractivity contribution in [3.63, 3.8) is 0 Å². The molecule has 0 aromatic heterocycles. The number of benzene rings is 2. The number of ether oxygens (including phenoxy) is 3. The summed E-state index contributed by atoms with van der Waals surface area (Å²) >= 11 is 0. The molecular formula is C22H25F3O3. The third kappa shape index (κ3) is 4.61. The molecule has 0 aliphatic heterocycles. The lowest BCUT2D eigenvalue weighted by atomic mass is 9.82. The SMILES string of the molecule is CCOc1ccc(C2CCC(OCc3ccc(OC)cc3F)CC2)c(F)c1F. The van der Waals surface area contributed by atoms with Gasteiger partial charge in [-0.3, -0.25) is 0 Å². The van der Waals surface area contributed by atoms with Crippen molar-refractivity contribution in [1.29, 1.82) is 0 Å². The molecule has 0 bridgehead atoms. The van der Waals surface area contributed by atoms with Crippen LogP contribution in [0.3, 0.4) is 0 Å². The smallest absolute Gasteiger partial charge is 0.200 e. The molecule has 0 heterocycles. The highest BCUT2D eigenvalue weighted by Crippen LogP contribution is 2.37. The summed E-state index contributed by atoms with van der Waals surface area (Å²) in [5.41, 5.74) is 0.864. The second-order valence-electron chi connectivity index (χ2n) is 6.96. The van der Waals surface area contributed by atoms with E-state index in [2.05, 4.69) is 0 Å². The molecule has 28 heavy (non-hydrogen) atoms. The first-order valence-corrected chi connectivity index (χ1v) is 9.58. The molecule has 1 saturated carbocycles. The van der Waals surface area contributed by atoms with E-state index >= 15 is 0 Å². The third-order valence-electron chi connectivity index (χ3n) is 5.23. The van der Waals surface area contributed by atoms with Crippen molar-refractivity contribution in [3.05, 3.63) is 58.9 Å². The summed E-state index contributed by atoms with van der Waals surface area (Å²) in [5.74, 6) is -1.75. The molecule has 2 aromatic rings.